The van der Waals surface area contributed by atoms with Crippen molar-refractivity contribution in [2.24, 2.45) is 11.8 Å². The lowest BCUT2D eigenvalue weighted by Crippen LogP contribution is -2.40. The maximum absolute atomic E-state index is 11.9. The maximum Gasteiger partial charge on any atom is 0.215 e. The molecule has 5 heteroatoms. The van der Waals surface area contributed by atoms with Gasteiger partial charge in [0.2, 0.25) is 10.0 Å². The van der Waals surface area contributed by atoms with E-state index in [1.54, 1.807) is 6.92 Å². The molecule has 2 unspecified atom stereocenters. The topological polar surface area (TPSA) is 58.2 Å². The highest BCUT2D eigenvalue weighted by Crippen LogP contribution is 2.36. The summed E-state index contributed by atoms with van der Waals surface area (Å²) in [5.74, 6) is 1.21. The third-order valence-corrected chi connectivity index (χ3v) is 5.22. The van der Waals surface area contributed by atoms with E-state index in [0.29, 0.717) is 19.0 Å². The third-order valence-electron chi connectivity index (χ3n) is 3.42. The van der Waals surface area contributed by atoms with Gasteiger partial charge in [0.25, 0.3) is 0 Å². The molecule has 1 aliphatic carbocycles. The number of nitrogens with one attached hydrogen (secondary N) is 2. The quantitative estimate of drug-likeness (QED) is 0.617. The summed E-state index contributed by atoms with van der Waals surface area (Å²) in [7, 11) is -3.15. The summed E-state index contributed by atoms with van der Waals surface area (Å²) in [5, 5.41) is 2.78. The highest BCUT2D eigenvalue weighted by atomic mass is 32.2. The van der Waals surface area contributed by atoms with Crippen LogP contribution in [0, 0.1) is 11.8 Å². The molecule has 2 N–H and O–H groups in total. The van der Waals surface area contributed by atoms with E-state index in [4.69, 9.17) is 0 Å². The predicted octanol–water partition coefficient (Wildman–Crippen LogP) is 1.34. The first-order valence-corrected chi connectivity index (χ1v) is 8.21. The molecule has 102 valence electrons. The van der Waals surface area contributed by atoms with Crippen LogP contribution < -0.4 is 10.0 Å². The largest absolute Gasteiger partial charge is 0.315 e. The Labute approximate surface area is 106 Å². The highest BCUT2D eigenvalue weighted by Gasteiger charge is 2.29. The Kier molecular flexibility index (Phi) is 5.89. The van der Waals surface area contributed by atoms with Crippen LogP contribution in [0.1, 0.15) is 40.0 Å². The van der Waals surface area contributed by atoms with Crippen LogP contribution in [0.3, 0.4) is 0 Å². The fourth-order valence-electron chi connectivity index (χ4n) is 1.81. The van der Waals surface area contributed by atoms with E-state index in [2.05, 4.69) is 23.9 Å². The van der Waals surface area contributed by atoms with Crippen LogP contribution in [0.2, 0.25) is 0 Å². The molecule has 0 radical (unpaired) electrons. The molecule has 1 saturated carbocycles. The van der Waals surface area contributed by atoms with Crippen LogP contribution >= 0.6 is 0 Å². The molecular formula is C12H26N2O2S. The number of hydrogen-bond acceptors (Lipinski definition) is 3. The van der Waals surface area contributed by atoms with E-state index in [9.17, 15) is 8.42 Å². The average Bonchev–Trinajstić information content (AvgIpc) is 3.10. The van der Waals surface area contributed by atoms with Crippen molar-refractivity contribution in [3.8, 4) is 0 Å². The second-order valence-corrected chi connectivity index (χ2v) is 7.41. The molecule has 0 spiro atoms. The van der Waals surface area contributed by atoms with Crippen molar-refractivity contribution in [2.45, 2.75) is 45.3 Å². The molecule has 2 atom stereocenters. The third kappa shape index (κ3) is 5.36. The van der Waals surface area contributed by atoms with Gasteiger partial charge in [0.15, 0.2) is 0 Å². The van der Waals surface area contributed by atoms with Crippen LogP contribution in [-0.4, -0.2) is 33.3 Å². The molecule has 1 fully saturated rings. The Morgan fingerprint density at radius 1 is 1.24 bits per heavy atom. The zero-order valence-corrected chi connectivity index (χ0v) is 12.0. The van der Waals surface area contributed by atoms with Gasteiger partial charge in [-0.15, -0.1) is 0 Å². The van der Waals surface area contributed by atoms with Crippen molar-refractivity contribution in [3.63, 3.8) is 0 Å². The Morgan fingerprint density at radius 3 is 2.41 bits per heavy atom. The summed E-state index contributed by atoms with van der Waals surface area (Å²) in [5.41, 5.74) is 0. The van der Waals surface area contributed by atoms with Gasteiger partial charge in [-0.3, -0.25) is 0 Å². The van der Waals surface area contributed by atoms with Gasteiger partial charge in [-0.2, -0.15) is 0 Å². The molecule has 0 bridgehead atoms. The molecule has 0 heterocycles. The van der Waals surface area contributed by atoms with E-state index < -0.39 is 10.0 Å². The smallest absolute Gasteiger partial charge is 0.215 e. The van der Waals surface area contributed by atoms with Crippen molar-refractivity contribution in [1.82, 2.24) is 10.0 Å². The minimum Gasteiger partial charge on any atom is -0.315 e. The summed E-state index contributed by atoms with van der Waals surface area (Å²) in [6.45, 7) is 7.94. The molecule has 0 aromatic carbocycles. The van der Waals surface area contributed by atoms with Crippen molar-refractivity contribution >= 4 is 10.0 Å². The molecule has 4 nitrogen and oxygen atoms in total. The van der Waals surface area contributed by atoms with Crippen molar-refractivity contribution in [3.05, 3.63) is 0 Å². The summed E-state index contributed by atoms with van der Waals surface area (Å²) in [6, 6.07) is 0. The lowest BCUT2D eigenvalue weighted by molar-refractivity contribution is 0.487. The Bertz CT molecular complexity index is 312. The standard InChI is InChI=1S/C12H26N2O2S/c1-4-7-13-9-11(3)17(15,16)14-8-10(2)12-5-6-12/h10-14H,4-9H2,1-3H3. The lowest BCUT2D eigenvalue weighted by atomic mass is 10.1. The normalized spacial score (nSPS) is 20.2. The molecule has 0 aliphatic heterocycles. The van der Waals surface area contributed by atoms with Gasteiger partial charge in [-0.05, 0) is 44.6 Å². The molecule has 0 amide bonds. The lowest BCUT2D eigenvalue weighted by Gasteiger charge is -2.17. The van der Waals surface area contributed by atoms with Gasteiger partial charge in [0, 0.05) is 13.1 Å². The summed E-state index contributed by atoms with van der Waals surface area (Å²) < 4.78 is 26.6. The van der Waals surface area contributed by atoms with Gasteiger partial charge >= 0.3 is 0 Å². The van der Waals surface area contributed by atoms with Crippen LogP contribution in [0.4, 0.5) is 0 Å². The molecule has 0 aromatic heterocycles. The summed E-state index contributed by atoms with van der Waals surface area (Å²) in [6.07, 6.45) is 3.55. The van der Waals surface area contributed by atoms with Crippen molar-refractivity contribution < 1.29 is 8.42 Å². The monoisotopic (exact) mass is 262 g/mol. The second-order valence-electron chi connectivity index (χ2n) is 5.22. The van der Waals surface area contributed by atoms with Gasteiger partial charge in [0.1, 0.15) is 0 Å². The first-order chi connectivity index (χ1) is 7.97. The SMILES string of the molecule is CCCNCC(C)S(=O)(=O)NCC(C)C1CC1. The van der Waals surface area contributed by atoms with E-state index in [0.717, 1.165) is 18.9 Å². The molecule has 0 saturated heterocycles. The zero-order valence-electron chi connectivity index (χ0n) is 11.2. The van der Waals surface area contributed by atoms with Crippen molar-refractivity contribution in [1.29, 1.82) is 0 Å². The van der Waals surface area contributed by atoms with Gasteiger partial charge in [0.05, 0.1) is 5.25 Å². The molecule has 1 rings (SSSR count). The second kappa shape index (κ2) is 6.71. The van der Waals surface area contributed by atoms with E-state index in [-0.39, 0.29) is 5.25 Å². The fourth-order valence-corrected chi connectivity index (χ4v) is 2.93. The minimum absolute atomic E-state index is 0.361. The van der Waals surface area contributed by atoms with Gasteiger partial charge in [-0.1, -0.05) is 13.8 Å². The highest BCUT2D eigenvalue weighted by molar-refractivity contribution is 7.90. The predicted molar refractivity (Wildman–Crippen MR) is 71.4 cm³/mol. The van der Waals surface area contributed by atoms with Gasteiger partial charge in [-0.25, -0.2) is 13.1 Å². The van der Waals surface area contributed by atoms with Crippen molar-refractivity contribution in [2.75, 3.05) is 19.6 Å². The fraction of sp³-hybridized carbons (Fsp3) is 1.00. The van der Waals surface area contributed by atoms with E-state index in [1.807, 2.05) is 0 Å². The molecular weight excluding hydrogens is 236 g/mol. The number of hydrogen-bond donors (Lipinski definition) is 2. The Hall–Kier alpha value is -0.130. The first-order valence-electron chi connectivity index (χ1n) is 6.66. The molecule has 0 aromatic rings. The number of sulfonamides is 1. The molecule has 1 aliphatic rings. The van der Waals surface area contributed by atoms with E-state index in [1.165, 1.54) is 12.8 Å². The zero-order chi connectivity index (χ0) is 12.9. The van der Waals surface area contributed by atoms with Gasteiger partial charge < -0.3 is 5.32 Å². The van der Waals surface area contributed by atoms with Crippen LogP contribution in [-0.2, 0) is 10.0 Å². The maximum atomic E-state index is 11.9. The summed E-state index contributed by atoms with van der Waals surface area (Å²) in [4.78, 5) is 0. The minimum atomic E-state index is -3.15. The van der Waals surface area contributed by atoms with Crippen LogP contribution in [0.15, 0.2) is 0 Å². The molecule has 17 heavy (non-hydrogen) atoms. The summed E-state index contributed by atoms with van der Waals surface area (Å²) >= 11 is 0. The Balaban J connectivity index is 2.27. The first kappa shape index (κ1) is 14.9. The average molecular weight is 262 g/mol. The Morgan fingerprint density at radius 2 is 1.88 bits per heavy atom. The van der Waals surface area contributed by atoms with Crippen LogP contribution in [0.5, 0.6) is 0 Å². The number of rotatable bonds is 9. The van der Waals surface area contributed by atoms with E-state index >= 15 is 0 Å². The van der Waals surface area contributed by atoms with Crippen LogP contribution in [0.25, 0.3) is 0 Å².